The van der Waals surface area contributed by atoms with E-state index in [0.717, 1.165) is 0 Å². The average molecular weight is 414 g/mol. The molecular weight excluding hydrogens is 409 g/mol. The smallest absolute Gasteiger partial charge is 0.329 e. The standard InChI is InChI=1S/C3H5F3NO2S.U/c1-2-7-10(8,9)3(4,5)6;/h7H,1-2H2;/q-1;. The van der Waals surface area contributed by atoms with E-state index in [-0.39, 0.29) is 31.1 Å². The molecule has 0 aliphatic rings. The summed E-state index contributed by atoms with van der Waals surface area (Å²) < 4.78 is 55.2. The average Bonchev–Trinajstić information content (AvgIpc) is 1.61. The van der Waals surface area contributed by atoms with E-state index in [4.69, 9.17) is 0 Å². The SMILES string of the molecule is [CH2-]CNS(=O)(=O)C(F)(F)F.[U]. The Morgan fingerprint density at radius 2 is 1.73 bits per heavy atom. The number of sulfonamides is 1. The molecule has 0 radical (unpaired) electrons. The number of hydrogen-bond donors (Lipinski definition) is 1. The summed E-state index contributed by atoms with van der Waals surface area (Å²) in [6.07, 6.45) is 0. The van der Waals surface area contributed by atoms with Crippen LogP contribution in [0.5, 0.6) is 0 Å². The number of halogens is 3. The zero-order valence-corrected chi connectivity index (χ0v) is 10.3. The van der Waals surface area contributed by atoms with Crippen molar-refractivity contribution in [3.05, 3.63) is 6.92 Å². The topological polar surface area (TPSA) is 46.2 Å². The van der Waals surface area contributed by atoms with Gasteiger partial charge in [-0.2, -0.15) is 13.2 Å². The van der Waals surface area contributed by atoms with Gasteiger partial charge in [-0.05, 0) is 0 Å². The Labute approximate surface area is 86.2 Å². The van der Waals surface area contributed by atoms with E-state index in [1.54, 1.807) is 0 Å². The van der Waals surface area contributed by atoms with Crippen molar-refractivity contribution in [2.45, 2.75) is 5.51 Å². The Bertz CT molecular complexity index is 199. The van der Waals surface area contributed by atoms with Crippen molar-refractivity contribution in [3.8, 4) is 0 Å². The summed E-state index contributed by atoms with van der Waals surface area (Å²) in [6, 6.07) is 0. The summed E-state index contributed by atoms with van der Waals surface area (Å²) in [5.41, 5.74) is -5.23. The normalized spacial score (nSPS) is 12.4. The van der Waals surface area contributed by atoms with Crippen LogP contribution >= 0.6 is 0 Å². The Morgan fingerprint density at radius 3 is 1.82 bits per heavy atom. The van der Waals surface area contributed by atoms with Crippen molar-refractivity contribution in [1.29, 1.82) is 0 Å². The van der Waals surface area contributed by atoms with Gasteiger partial charge in [-0.3, -0.25) is 0 Å². The molecule has 0 aromatic carbocycles. The van der Waals surface area contributed by atoms with Gasteiger partial charge in [-0.15, -0.1) is 6.54 Å². The zero-order chi connectivity index (χ0) is 8.41. The fourth-order valence-electron chi connectivity index (χ4n) is 0.216. The van der Waals surface area contributed by atoms with Gasteiger partial charge in [0.15, 0.2) is 0 Å². The first kappa shape index (κ1) is 14.3. The summed E-state index contributed by atoms with van der Waals surface area (Å²) in [5, 5.41) is 0. The first-order valence-electron chi connectivity index (χ1n) is 2.16. The third-order valence-corrected chi connectivity index (χ3v) is 1.79. The third-order valence-electron chi connectivity index (χ3n) is 0.597. The summed E-state index contributed by atoms with van der Waals surface area (Å²) in [5.74, 6) is 0. The zero-order valence-electron chi connectivity index (χ0n) is 5.27. The van der Waals surface area contributed by atoms with Gasteiger partial charge in [-0.1, -0.05) is 0 Å². The van der Waals surface area contributed by atoms with Crippen LogP contribution in [0.3, 0.4) is 0 Å². The van der Waals surface area contributed by atoms with Crippen molar-refractivity contribution >= 4 is 10.0 Å². The van der Waals surface area contributed by atoms with Crippen LogP contribution in [0.25, 0.3) is 0 Å². The Kier molecular flexibility index (Phi) is 6.10. The van der Waals surface area contributed by atoms with E-state index in [1.165, 1.54) is 4.72 Å². The number of nitrogens with one attached hydrogen (secondary N) is 1. The molecule has 0 atom stereocenters. The summed E-state index contributed by atoms with van der Waals surface area (Å²) in [7, 11) is -5.16. The second kappa shape index (κ2) is 4.70. The minimum Gasteiger partial charge on any atom is -0.329 e. The molecule has 0 rings (SSSR count). The molecule has 0 aliphatic heterocycles. The van der Waals surface area contributed by atoms with Gasteiger partial charge >= 0.3 is 15.5 Å². The van der Waals surface area contributed by atoms with Crippen LogP contribution in [0.2, 0.25) is 0 Å². The fourth-order valence-corrected chi connectivity index (χ4v) is 0.649. The molecule has 0 aromatic rings. The molecule has 1 N–H and O–H groups in total. The fraction of sp³-hybridized carbons (Fsp3) is 0.667. The van der Waals surface area contributed by atoms with Crippen molar-refractivity contribution in [3.63, 3.8) is 0 Å². The van der Waals surface area contributed by atoms with Gasteiger partial charge in [0.2, 0.25) is 0 Å². The molecule has 8 heteroatoms. The maximum Gasteiger partial charge on any atom is 0.511 e. The number of hydrogen-bond acceptors (Lipinski definition) is 2. The van der Waals surface area contributed by atoms with Crippen LogP contribution in [-0.4, -0.2) is 20.5 Å². The van der Waals surface area contributed by atoms with Crippen LogP contribution in [0.4, 0.5) is 13.2 Å². The molecule has 3 nitrogen and oxygen atoms in total. The molecule has 66 valence electrons. The van der Waals surface area contributed by atoms with E-state index in [0.29, 0.717) is 0 Å². The second-order valence-corrected chi connectivity index (χ2v) is 3.10. The van der Waals surface area contributed by atoms with Gasteiger partial charge in [0, 0.05) is 31.1 Å². The predicted octanol–water partition coefficient (Wildman–Crippen LogP) is 0.260. The predicted molar refractivity (Wildman–Crippen MR) is 28.3 cm³/mol. The Hall–Kier alpha value is 0.752. The minimum absolute atomic E-state index is 0. The molecule has 0 saturated heterocycles. The largest absolute Gasteiger partial charge is 0.511 e. The van der Waals surface area contributed by atoms with Crippen molar-refractivity contribution in [2.24, 2.45) is 0 Å². The molecule has 11 heavy (non-hydrogen) atoms. The van der Waals surface area contributed by atoms with Gasteiger partial charge < -0.3 is 6.92 Å². The Balaban J connectivity index is 0. The monoisotopic (exact) mass is 414 g/mol. The molecule has 0 fully saturated rings. The number of rotatable bonds is 2. The van der Waals surface area contributed by atoms with Gasteiger partial charge in [0.1, 0.15) is 0 Å². The third kappa shape index (κ3) is 4.35. The van der Waals surface area contributed by atoms with E-state index in [2.05, 4.69) is 6.92 Å². The first-order valence-corrected chi connectivity index (χ1v) is 3.65. The Morgan fingerprint density at radius 1 is 1.36 bits per heavy atom. The van der Waals surface area contributed by atoms with E-state index >= 15 is 0 Å². The van der Waals surface area contributed by atoms with Gasteiger partial charge in [0.25, 0.3) is 0 Å². The van der Waals surface area contributed by atoms with E-state index < -0.39 is 22.1 Å². The second-order valence-electron chi connectivity index (χ2n) is 1.34. The number of alkyl halides is 3. The summed E-state index contributed by atoms with van der Waals surface area (Å²) >= 11 is 0. The molecule has 0 unspecified atom stereocenters. The molecule has 0 aromatic heterocycles. The maximum absolute atomic E-state index is 11.3. The maximum atomic E-state index is 11.3. The van der Waals surface area contributed by atoms with Crippen molar-refractivity contribution in [1.82, 2.24) is 4.72 Å². The van der Waals surface area contributed by atoms with Gasteiger partial charge in [0.05, 0.1) is 0 Å². The van der Waals surface area contributed by atoms with Crippen LogP contribution in [0.15, 0.2) is 0 Å². The molecule has 0 amide bonds. The van der Waals surface area contributed by atoms with Crippen LogP contribution < -0.4 is 4.72 Å². The van der Waals surface area contributed by atoms with E-state index in [9.17, 15) is 21.6 Å². The van der Waals surface area contributed by atoms with Crippen LogP contribution in [0.1, 0.15) is 0 Å². The van der Waals surface area contributed by atoms with Crippen LogP contribution in [0, 0.1) is 38.0 Å². The molecule has 0 heterocycles. The molecule has 0 saturated carbocycles. The molecular formula is C3H5F3NO2SU-. The molecule has 0 aliphatic carbocycles. The first-order chi connectivity index (χ1) is 4.31. The quantitative estimate of drug-likeness (QED) is 0.660. The molecule has 0 bridgehead atoms. The van der Waals surface area contributed by atoms with Gasteiger partial charge in [-0.25, -0.2) is 13.1 Å². The molecule has 0 spiro atoms. The van der Waals surface area contributed by atoms with E-state index in [1.807, 2.05) is 0 Å². The summed E-state index contributed by atoms with van der Waals surface area (Å²) in [6.45, 7) is 2.38. The van der Waals surface area contributed by atoms with Crippen LogP contribution in [-0.2, 0) is 10.0 Å². The van der Waals surface area contributed by atoms with Crippen molar-refractivity contribution in [2.75, 3.05) is 6.54 Å². The van der Waals surface area contributed by atoms with Crippen molar-refractivity contribution < 1.29 is 52.7 Å². The minimum atomic E-state index is -5.23. The summed E-state index contributed by atoms with van der Waals surface area (Å²) in [4.78, 5) is 0.